The van der Waals surface area contributed by atoms with Crippen molar-refractivity contribution in [2.24, 2.45) is 13.0 Å². The minimum absolute atomic E-state index is 0.0240. The number of rotatable bonds is 4. The van der Waals surface area contributed by atoms with Crippen LogP contribution in [0.25, 0.3) is 10.2 Å². The zero-order chi connectivity index (χ0) is 22.4. The van der Waals surface area contributed by atoms with Gasteiger partial charge in [-0.05, 0) is 62.0 Å². The van der Waals surface area contributed by atoms with Crippen molar-refractivity contribution >= 4 is 55.6 Å². The molecule has 0 bridgehead atoms. The number of hydrogen-bond acceptors (Lipinski definition) is 7. The van der Waals surface area contributed by atoms with Gasteiger partial charge in [-0.2, -0.15) is 5.26 Å². The van der Waals surface area contributed by atoms with Crippen molar-refractivity contribution in [3.05, 3.63) is 36.8 Å². The van der Waals surface area contributed by atoms with Crippen LogP contribution in [0.15, 0.2) is 9.95 Å². The maximum atomic E-state index is 13.0. The number of anilines is 1. The average molecular weight is 485 g/mol. The number of amides is 1. The molecule has 3 heterocycles. The maximum Gasteiger partial charge on any atom is 0.262 e. The summed E-state index contributed by atoms with van der Waals surface area (Å²) in [6, 6.07) is 2.29. The number of aromatic nitrogens is 2. The van der Waals surface area contributed by atoms with Crippen LogP contribution in [0, 0.1) is 17.2 Å². The van der Waals surface area contributed by atoms with Gasteiger partial charge in [-0.3, -0.25) is 14.2 Å². The lowest BCUT2D eigenvalue weighted by Crippen LogP contribution is -2.22. The van der Waals surface area contributed by atoms with Gasteiger partial charge in [0.1, 0.15) is 15.9 Å². The van der Waals surface area contributed by atoms with Gasteiger partial charge in [0.05, 0.1) is 16.7 Å². The average Bonchev–Trinajstić information content (AvgIpc) is 3.31. The van der Waals surface area contributed by atoms with Crippen LogP contribution in [-0.2, 0) is 37.5 Å². The summed E-state index contributed by atoms with van der Waals surface area (Å²) in [5.74, 6) is 0.565. The third-order valence-electron chi connectivity index (χ3n) is 6.36. The summed E-state index contributed by atoms with van der Waals surface area (Å²) in [5.41, 5.74) is 2.88. The van der Waals surface area contributed by atoms with E-state index in [4.69, 9.17) is 4.98 Å². The highest BCUT2D eigenvalue weighted by Gasteiger charge is 2.25. The summed E-state index contributed by atoms with van der Waals surface area (Å²) in [5, 5.41) is 14.5. The number of thioether (sulfide) groups is 1. The molecule has 0 saturated heterocycles. The summed E-state index contributed by atoms with van der Waals surface area (Å²) in [6.45, 7) is 2.22. The molecule has 166 valence electrons. The molecular formula is C23H24N4O2S3. The molecule has 2 aliphatic carbocycles. The van der Waals surface area contributed by atoms with Crippen molar-refractivity contribution in [1.82, 2.24) is 9.55 Å². The van der Waals surface area contributed by atoms with Crippen molar-refractivity contribution in [2.45, 2.75) is 57.0 Å². The van der Waals surface area contributed by atoms with Crippen LogP contribution in [0.5, 0.6) is 0 Å². The third kappa shape index (κ3) is 3.78. The molecule has 9 heteroatoms. The first-order valence-corrected chi connectivity index (χ1v) is 13.6. The summed E-state index contributed by atoms with van der Waals surface area (Å²) < 4.78 is 1.56. The largest absolute Gasteiger partial charge is 0.316 e. The molecule has 0 saturated carbocycles. The Balaban J connectivity index is 1.34. The van der Waals surface area contributed by atoms with Gasteiger partial charge in [-0.25, -0.2) is 4.98 Å². The van der Waals surface area contributed by atoms with Gasteiger partial charge in [-0.15, -0.1) is 22.7 Å². The first kappa shape index (κ1) is 21.7. The van der Waals surface area contributed by atoms with Crippen LogP contribution < -0.4 is 10.9 Å². The predicted octanol–water partition coefficient (Wildman–Crippen LogP) is 4.66. The first-order valence-electron chi connectivity index (χ1n) is 10.9. The fraction of sp³-hybridized carbons (Fsp3) is 0.478. The number of carbonyl (C=O) groups is 1. The van der Waals surface area contributed by atoms with E-state index in [1.807, 2.05) is 0 Å². The normalized spacial score (nSPS) is 17.6. The van der Waals surface area contributed by atoms with Crippen LogP contribution in [0.4, 0.5) is 5.00 Å². The molecule has 32 heavy (non-hydrogen) atoms. The summed E-state index contributed by atoms with van der Waals surface area (Å²) >= 11 is 4.42. The first-order chi connectivity index (χ1) is 15.5. The van der Waals surface area contributed by atoms with Gasteiger partial charge in [-0.1, -0.05) is 18.7 Å². The summed E-state index contributed by atoms with van der Waals surface area (Å²) in [7, 11) is 1.73. The summed E-state index contributed by atoms with van der Waals surface area (Å²) in [6.07, 6.45) is 7.21. The predicted molar refractivity (Wildman–Crippen MR) is 131 cm³/mol. The van der Waals surface area contributed by atoms with Crippen molar-refractivity contribution in [1.29, 1.82) is 5.26 Å². The SMILES string of the molecule is CC1CCc2c(sc(NC(=O)CSc3nc4sc5c(c4c(=O)n3C)CCCC5)c2C#N)C1. The van der Waals surface area contributed by atoms with Crippen LogP contribution in [0.2, 0.25) is 0 Å². The van der Waals surface area contributed by atoms with Gasteiger partial charge < -0.3 is 5.32 Å². The summed E-state index contributed by atoms with van der Waals surface area (Å²) in [4.78, 5) is 33.7. The van der Waals surface area contributed by atoms with Crippen LogP contribution in [0.3, 0.4) is 0 Å². The van der Waals surface area contributed by atoms with Crippen molar-refractivity contribution in [2.75, 3.05) is 11.1 Å². The third-order valence-corrected chi connectivity index (χ3v) is 9.75. The Morgan fingerprint density at radius 2 is 2.06 bits per heavy atom. The lowest BCUT2D eigenvalue weighted by molar-refractivity contribution is -0.113. The molecule has 0 aromatic carbocycles. The molecule has 1 amide bonds. The molecule has 0 aliphatic heterocycles. The molecule has 6 nitrogen and oxygen atoms in total. The topological polar surface area (TPSA) is 87.8 Å². The number of thiophene rings is 2. The van der Waals surface area contributed by atoms with Gasteiger partial charge in [0, 0.05) is 16.8 Å². The van der Waals surface area contributed by atoms with E-state index >= 15 is 0 Å². The fourth-order valence-corrected chi connectivity index (χ4v) is 8.10. The second-order valence-corrected chi connectivity index (χ2v) is 11.8. The van der Waals surface area contributed by atoms with Crippen LogP contribution in [0.1, 0.15) is 52.6 Å². The molecular weight excluding hydrogens is 460 g/mol. The Hall–Kier alpha value is -2.15. The number of aryl methyl sites for hydroxylation is 2. The van der Waals surface area contributed by atoms with E-state index < -0.39 is 0 Å². The van der Waals surface area contributed by atoms with Crippen molar-refractivity contribution in [3.8, 4) is 6.07 Å². The van der Waals surface area contributed by atoms with Gasteiger partial charge in [0.15, 0.2) is 5.16 Å². The van der Waals surface area contributed by atoms with Crippen LogP contribution in [-0.4, -0.2) is 21.2 Å². The van der Waals surface area contributed by atoms with E-state index in [9.17, 15) is 14.9 Å². The van der Waals surface area contributed by atoms with E-state index in [1.54, 1.807) is 23.0 Å². The maximum absolute atomic E-state index is 13.0. The van der Waals surface area contributed by atoms with Gasteiger partial charge in [0.25, 0.3) is 5.56 Å². The Kier molecular flexibility index (Phi) is 5.86. The number of carbonyl (C=O) groups excluding carboxylic acids is 1. The second-order valence-electron chi connectivity index (χ2n) is 8.65. The standard InChI is InChI=1S/C23H24N4O2S3/c1-12-7-8-13-15(10-24)20(32-17(13)9-12)25-18(28)11-30-23-26-21-19(22(29)27(23)2)14-5-3-4-6-16(14)31-21/h12H,3-9,11H2,1-2H3,(H,25,28). The molecule has 1 atom stereocenters. The van der Waals surface area contributed by atoms with E-state index in [0.29, 0.717) is 21.6 Å². The van der Waals surface area contributed by atoms with Crippen molar-refractivity contribution in [3.63, 3.8) is 0 Å². The molecule has 0 fully saturated rings. The highest BCUT2D eigenvalue weighted by molar-refractivity contribution is 7.99. The molecule has 3 aromatic heterocycles. The molecule has 5 rings (SSSR count). The van der Waals surface area contributed by atoms with Gasteiger partial charge in [0.2, 0.25) is 5.91 Å². The minimum Gasteiger partial charge on any atom is -0.316 e. The Bertz CT molecular complexity index is 1330. The van der Waals surface area contributed by atoms with Crippen LogP contribution >= 0.6 is 34.4 Å². The highest BCUT2D eigenvalue weighted by atomic mass is 32.2. The zero-order valence-electron chi connectivity index (χ0n) is 18.1. The molecule has 0 spiro atoms. The minimum atomic E-state index is -0.182. The molecule has 1 unspecified atom stereocenters. The highest BCUT2D eigenvalue weighted by Crippen LogP contribution is 2.39. The number of nitrogens with zero attached hydrogens (tertiary/aromatic N) is 3. The van der Waals surface area contributed by atoms with Crippen molar-refractivity contribution < 1.29 is 4.79 Å². The van der Waals surface area contributed by atoms with E-state index in [1.165, 1.54) is 38.4 Å². The van der Waals surface area contributed by atoms with E-state index in [2.05, 4.69) is 18.3 Å². The smallest absolute Gasteiger partial charge is 0.262 e. The fourth-order valence-electron chi connectivity index (χ4n) is 4.65. The monoisotopic (exact) mass is 484 g/mol. The van der Waals surface area contributed by atoms with E-state index in [0.717, 1.165) is 60.7 Å². The number of nitriles is 1. The molecule has 1 N–H and O–H groups in total. The second kappa shape index (κ2) is 8.65. The zero-order valence-corrected chi connectivity index (χ0v) is 20.6. The number of nitrogens with one attached hydrogen (secondary N) is 1. The van der Waals surface area contributed by atoms with E-state index in [-0.39, 0.29) is 17.2 Å². The lowest BCUT2D eigenvalue weighted by atomic mass is 9.89. The van der Waals surface area contributed by atoms with Gasteiger partial charge >= 0.3 is 0 Å². The molecule has 0 radical (unpaired) electrons. The Morgan fingerprint density at radius 1 is 1.25 bits per heavy atom. The Labute approximate surface area is 198 Å². The lowest BCUT2D eigenvalue weighted by Gasteiger charge is -2.17. The number of hydrogen-bond donors (Lipinski definition) is 1. The number of fused-ring (bicyclic) bond motifs is 4. The molecule has 2 aliphatic rings. The molecule has 3 aromatic rings. The Morgan fingerprint density at radius 3 is 2.88 bits per heavy atom. The quantitative estimate of drug-likeness (QED) is 0.430.